The van der Waals surface area contributed by atoms with Crippen molar-refractivity contribution in [2.75, 3.05) is 37.9 Å². The van der Waals surface area contributed by atoms with Crippen LogP contribution in [0.5, 0.6) is 11.5 Å². The van der Waals surface area contributed by atoms with E-state index < -0.39 is 28.5 Å². The molecule has 34 heavy (non-hydrogen) atoms. The van der Waals surface area contributed by atoms with Crippen molar-refractivity contribution in [1.29, 1.82) is 0 Å². The van der Waals surface area contributed by atoms with Crippen molar-refractivity contribution in [3.8, 4) is 11.5 Å². The number of likely N-dealkylation sites (N-methyl/N-ethyl adjacent to an activating group) is 1. The highest BCUT2D eigenvalue weighted by Gasteiger charge is 2.31. The van der Waals surface area contributed by atoms with Crippen molar-refractivity contribution in [2.24, 2.45) is 0 Å². The summed E-state index contributed by atoms with van der Waals surface area (Å²) in [6.45, 7) is 3.21. The Morgan fingerprint density at radius 2 is 1.79 bits per heavy atom. The van der Waals surface area contributed by atoms with E-state index in [0.717, 1.165) is 10.6 Å². The van der Waals surface area contributed by atoms with Crippen molar-refractivity contribution < 1.29 is 27.5 Å². The number of anilines is 1. The number of hydrogen-bond acceptors (Lipinski definition) is 6. The first-order valence-corrected chi connectivity index (χ1v) is 12.8. The third kappa shape index (κ3) is 6.77. The average Bonchev–Trinajstić information content (AvgIpc) is 2.80. The summed E-state index contributed by atoms with van der Waals surface area (Å²) in [6, 6.07) is 10.7. The number of halogens is 1. The number of ether oxygens (including phenoxy) is 2. The topological polar surface area (TPSA) is 105 Å². The van der Waals surface area contributed by atoms with Gasteiger partial charge < -0.3 is 19.7 Å². The highest BCUT2D eigenvalue weighted by Crippen LogP contribution is 2.33. The molecule has 11 heteroatoms. The van der Waals surface area contributed by atoms with Gasteiger partial charge in [-0.1, -0.05) is 29.8 Å². The lowest BCUT2D eigenvalue weighted by Crippen LogP contribution is -2.51. The number of carbonyl (C=O) groups is 2. The molecule has 2 amide bonds. The molecule has 0 unspecified atom stereocenters. The number of nitrogens with zero attached hydrogens (tertiary/aromatic N) is 2. The van der Waals surface area contributed by atoms with Crippen molar-refractivity contribution >= 4 is 39.1 Å². The third-order valence-corrected chi connectivity index (χ3v) is 6.65. The second-order valence-electron chi connectivity index (χ2n) is 7.49. The predicted molar refractivity (Wildman–Crippen MR) is 132 cm³/mol. The number of methoxy groups -OCH3 is 2. The van der Waals surface area contributed by atoms with Gasteiger partial charge in [0, 0.05) is 24.2 Å². The van der Waals surface area contributed by atoms with E-state index in [-0.39, 0.29) is 23.9 Å². The maximum absolute atomic E-state index is 13.5. The van der Waals surface area contributed by atoms with E-state index >= 15 is 0 Å². The Labute approximate surface area is 205 Å². The molecule has 0 bridgehead atoms. The zero-order valence-corrected chi connectivity index (χ0v) is 21.4. The van der Waals surface area contributed by atoms with Gasteiger partial charge >= 0.3 is 0 Å². The second kappa shape index (κ2) is 11.9. The molecule has 2 rings (SSSR count). The first-order chi connectivity index (χ1) is 16.0. The summed E-state index contributed by atoms with van der Waals surface area (Å²) in [6.07, 6.45) is 0.996. The van der Waals surface area contributed by atoms with Gasteiger partial charge in [0.15, 0.2) is 0 Å². The van der Waals surface area contributed by atoms with E-state index in [4.69, 9.17) is 21.1 Å². The quantitative estimate of drug-likeness (QED) is 0.497. The Morgan fingerprint density at radius 1 is 1.12 bits per heavy atom. The van der Waals surface area contributed by atoms with Gasteiger partial charge in [0.1, 0.15) is 24.1 Å². The fourth-order valence-corrected chi connectivity index (χ4v) is 4.35. The van der Waals surface area contributed by atoms with Crippen LogP contribution in [0.15, 0.2) is 42.5 Å². The van der Waals surface area contributed by atoms with Crippen LogP contribution in [0.25, 0.3) is 0 Å². The van der Waals surface area contributed by atoms with E-state index in [1.54, 1.807) is 44.2 Å². The first kappa shape index (κ1) is 27.3. The summed E-state index contributed by atoms with van der Waals surface area (Å²) in [5.74, 6) is -0.268. The Morgan fingerprint density at radius 3 is 2.35 bits per heavy atom. The van der Waals surface area contributed by atoms with Crippen LogP contribution in [0.3, 0.4) is 0 Å². The van der Waals surface area contributed by atoms with Gasteiger partial charge in [-0.2, -0.15) is 0 Å². The number of carbonyl (C=O) groups excluding carboxylic acids is 2. The maximum Gasteiger partial charge on any atom is 0.244 e. The maximum atomic E-state index is 13.5. The molecule has 2 aromatic carbocycles. The summed E-state index contributed by atoms with van der Waals surface area (Å²) in [5, 5.41) is 3.13. The minimum atomic E-state index is -3.90. The highest BCUT2D eigenvalue weighted by molar-refractivity contribution is 7.92. The Balaban J connectivity index is 2.47. The van der Waals surface area contributed by atoms with Crippen LogP contribution in [0.2, 0.25) is 5.02 Å². The van der Waals surface area contributed by atoms with Crippen molar-refractivity contribution in [3.63, 3.8) is 0 Å². The molecule has 0 saturated carbocycles. The lowest BCUT2D eigenvalue weighted by atomic mass is 10.1. The summed E-state index contributed by atoms with van der Waals surface area (Å²) in [5.41, 5.74) is 0.795. The molecule has 0 saturated heterocycles. The first-order valence-electron chi connectivity index (χ1n) is 10.5. The minimum absolute atomic E-state index is 0.0220. The zero-order chi connectivity index (χ0) is 25.5. The van der Waals surface area contributed by atoms with Gasteiger partial charge in [-0.15, -0.1) is 0 Å². The normalized spacial score (nSPS) is 11.9. The highest BCUT2D eigenvalue weighted by atomic mass is 35.5. The van der Waals surface area contributed by atoms with Gasteiger partial charge in [-0.25, -0.2) is 8.42 Å². The van der Waals surface area contributed by atoms with Crippen molar-refractivity contribution in [1.82, 2.24) is 10.2 Å². The number of benzene rings is 2. The van der Waals surface area contributed by atoms with Crippen LogP contribution in [-0.4, -0.2) is 64.7 Å². The van der Waals surface area contributed by atoms with E-state index in [1.807, 2.05) is 0 Å². The third-order valence-electron chi connectivity index (χ3n) is 5.15. The molecule has 0 radical (unpaired) electrons. The number of sulfonamides is 1. The summed E-state index contributed by atoms with van der Waals surface area (Å²) in [7, 11) is -1.03. The SMILES string of the molecule is CCNC(=O)[C@H](C)N(Cc1ccccc1Cl)C(=O)CN(c1ccc(OC)cc1OC)S(C)(=O)=O. The van der Waals surface area contributed by atoms with Gasteiger partial charge in [0.2, 0.25) is 21.8 Å². The number of amides is 2. The van der Waals surface area contributed by atoms with Crippen molar-refractivity contribution in [2.45, 2.75) is 26.4 Å². The Kier molecular flexibility index (Phi) is 9.57. The van der Waals surface area contributed by atoms with Gasteiger partial charge in [0.05, 0.1) is 26.2 Å². The molecule has 0 heterocycles. The molecule has 9 nitrogen and oxygen atoms in total. The number of rotatable bonds is 11. The monoisotopic (exact) mass is 511 g/mol. The summed E-state index contributed by atoms with van der Waals surface area (Å²) in [4.78, 5) is 27.4. The molecule has 0 aliphatic rings. The fourth-order valence-electron chi connectivity index (χ4n) is 3.30. The lowest BCUT2D eigenvalue weighted by molar-refractivity contribution is -0.139. The van der Waals surface area contributed by atoms with E-state index in [1.165, 1.54) is 31.3 Å². The van der Waals surface area contributed by atoms with Gasteiger partial charge in [-0.05, 0) is 37.6 Å². The molecule has 2 aromatic rings. The van der Waals surface area contributed by atoms with Gasteiger partial charge in [-0.3, -0.25) is 13.9 Å². The minimum Gasteiger partial charge on any atom is -0.497 e. The molecule has 0 aromatic heterocycles. The summed E-state index contributed by atoms with van der Waals surface area (Å²) < 4.78 is 36.9. The summed E-state index contributed by atoms with van der Waals surface area (Å²) >= 11 is 6.29. The largest absolute Gasteiger partial charge is 0.497 e. The zero-order valence-electron chi connectivity index (χ0n) is 19.9. The van der Waals surface area contributed by atoms with Gasteiger partial charge in [0.25, 0.3) is 0 Å². The average molecular weight is 512 g/mol. The molecule has 186 valence electrons. The predicted octanol–water partition coefficient (Wildman–Crippen LogP) is 2.68. The van der Waals surface area contributed by atoms with Crippen LogP contribution in [0.1, 0.15) is 19.4 Å². The molecular formula is C23H30ClN3O6S. The number of hydrogen-bond donors (Lipinski definition) is 1. The van der Waals surface area contributed by atoms with Crippen LogP contribution in [0.4, 0.5) is 5.69 Å². The van der Waals surface area contributed by atoms with E-state index in [0.29, 0.717) is 22.9 Å². The Hall–Kier alpha value is -2.98. The van der Waals surface area contributed by atoms with Crippen LogP contribution in [-0.2, 0) is 26.2 Å². The molecule has 0 aliphatic heterocycles. The van der Waals surface area contributed by atoms with E-state index in [9.17, 15) is 18.0 Å². The number of nitrogens with one attached hydrogen (secondary N) is 1. The molecular weight excluding hydrogens is 482 g/mol. The standard InChI is InChI=1S/C23H30ClN3O6S/c1-6-25-23(29)16(2)26(14-17-9-7-8-10-19(17)24)22(28)15-27(34(5,30)31)20-12-11-18(32-3)13-21(20)33-4/h7-13,16H,6,14-15H2,1-5H3,(H,25,29)/t16-/m0/s1. The Bertz CT molecular complexity index is 1130. The smallest absolute Gasteiger partial charge is 0.244 e. The fraction of sp³-hybridized carbons (Fsp3) is 0.391. The van der Waals surface area contributed by atoms with Crippen molar-refractivity contribution in [3.05, 3.63) is 53.1 Å². The molecule has 0 fully saturated rings. The molecule has 1 N–H and O–H groups in total. The van der Waals surface area contributed by atoms with Crippen LogP contribution in [0, 0.1) is 0 Å². The lowest BCUT2D eigenvalue weighted by Gasteiger charge is -2.32. The van der Waals surface area contributed by atoms with Crippen LogP contribution >= 0.6 is 11.6 Å². The molecule has 1 atom stereocenters. The van der Waals surface area contributed by atoms with Crippen LogP contribution < -0.4 is 19.1 Å². The molecule has 0 aliphatic carbocycles. The molecule has 0 spiro atoms. The van der Waals surface area contributed by atoms with E-state index in [2.05, 4.69) is 5.32 Å². The second-order valence-corrected chi connectivity index (χ2v) is 9.81.